The van der Waals surface area contributed by atoms with Gasteiger partial charge in [0.2, 0.25) is 5.91 Å². The number of fused-ring (bicyclic) bond motifs is 1. The van der Waals surface area contributed by atoms with Crippen LogP contribution in [0.25, 0.3) is 0 Å². The molecule has 2 aromatic rings. The van der Waals surface area contributed by atoms with Crippen molar-refractivity contribution in [3.05, 3.63) is 71.3 Å². The molecule has 0 bridgehead atoms. The summed E-state index contributed by atoms with van der Waals surface area (Å²) in [4.78, 5) is 14.8. The van der Waals surface area contributed by atoms with E-state index in [1.165, 1.54) is 11.1 Å². The maximum atomic E-state index is 12.7. The minimum absolute atomic E-state index is 0.00714. The maximum absolute atomic E-state index is 12.7. The zero-order valence-electron chi connectivity index (χ0n) is 13.8. The standard InChI is InChI=1S/C20H24N2O2/c23-13-11-19(20(24)21-14-16-6-2-1-3-7-16)22-12-10-17-8-4-5-9-18(17)15-22/h1-9,19,23H,10-15H2,(H,21,24). The van der Waals surface area contributed by atoms with Crippen LogP contribution >= 0.6 is 0 Å². The van der Waals surface area contributed by atoms with E-state index in [9.17, 15) is 9.90 Å². The first-order valence-corrected chi connectivity index (χ1v) is 8.51. The molecular weight excluding hydrogens is 300 g/mol. The van der Waals surface area contributed by atoms with E-state index in [2.05, 4.69) is 28.4 Å². The van der Waals surface area contributed by atoms with E-state index in [0.29, 0.717) is 13.0 Å². The fourth-order valence-electron chi connectivity index (χ4n) is 3.29. The van der Waals surface area contributed by atoms with Crippen molar-refractivity contribution in [3.8, 4) is 0 Å². The third kappa shape index (κ3) is 4.02. The van der Waals surface area contributed by atoms with Gasteiger partial charge in [0.15, 0.2) is 0 Å². The Morgan fingerprint density at radius 2 is 1.79 bits per heavy atom. The first-order valence-electron chi connectivity index (χ1n) is 8.51. The number of hydrogen-bond acceptors (Lipinski definition) is 3. The fraction of sp³-hybridized carbons (Fsp3) is 0.350. The second-order valence-corrected chi connectivity index (χ2v) is 6.22. The van der Waals surface area contributed by atoms with Crippen molar-refractivity contribution in [2.24, 2.45) is 0 Å². The molecule has 4 nitrogen and oxygen atoms in total. The molecule has 1 heterocycles. The van der Waals surface area contributed by atoms with Crippen LogP contribution in [0.3, 0.4) is 0 Å². The first-order chi connectivity index (χ1) is 11.8. The van der Waals surface area contributed by atoms with Gasteiger partial charge in [0.1, 0.15) is 0 Å². The normalized spacial score (nSPS) is 15.5. The molecular formula is C20H24N2O2. The van der Waals surface area contributed by atoms with E-state index in [-0.39, 0.29) is 18.6 Å². The Balaban J connectivity index is 1.65. The van der Waals surface area contributed by atoms with Crippen molar-refractivity contribution in [2.75, 3.05) is 13.2 Å². The number of rotatable bonds is 6. The van der Waals surface area contributed by atoms with Crippen molar-refractivity contribution in [2.45, 2.75) is 32.0 Å². The highest BCUT2D eigenvalue weighted by Crippen LogP contribution is 2.21. The zero-order valence-corrected chi connectivity index (χ0v) is 13.8. The summed E-state index contributed by atoms with van der Waals surface area (Å²) in [7, 11) is 0. The Labute approximate surface area is 143 Å². The molecule has 1 amide bonds. The second kappa shape index (κ2) is 8.08. The number of hydrogen-bond donors (Lipinski definition) is 2. The molecule has 1 unspecified atom stereocenters. The van der Waals surface area contributed by atoms with Gasteiger partial charge < -0.3 is 10.4 Å². The SMILES string of the molecule is O=C(NCc1ccccc1)C(CCO)N1CCc2ccccc2C1. The predicted octanol–water partition coefficient (Wildman–Crippen LogP) is 2.11. The Morgan fingerprint density at radius 3 is 2.54 bits per heavy atom. The summed E-state index contributed by atoms with van der Waals surface area (Å²) in [6.07, 6.45) is 1.41. The van der Waals surface area contributed by atoms with Gasteiger partial charge in [0.05, 0.1) is 6.04 Å². The summed E-state index contributed by atoms with van der Waals surface area (Å²) in [6.45, 7) is 2.15. The highest BCUT2D eigenvalue weighted by Gasteiger charge is 2.28. The lowest BCUT2D eigenvalue weighted by Crippen LogP contribution is -2.49. The van der Waals surface area contributed by atoms with Crippen LogP contribution in [0.5, 0.6) is 0 Å². The number of amides is 1. The molecule has 1 aliphatic heterocycles. The van der Waals surface area contributed by atoms with Gasteiger partial charge in [0.25, 0.3) is 0 Å². The fourth-order valence-corrected chi connectivity index (χ4v) is 3.29. The first kappa shape index (κ1) is 16.7. The topological polar surface area (TPSA) is 52.6 Å². The molecule has 0 aliphatic carbocycles. The van der Waals surface area contributed by atoms with E-state index in [1.807, 2.05) is 36.4 Å². The third-order valence-corrected chi connectivity index (χ3v) is 4.62. The summed E-state index contributed by atoms with van der Waals surface area (Å²) in [5.74, 6) is -0.00714. The molecule has 0 fully saturated rings. The zero-order chi connectivity index (χ0) is 16.8. The lowest BCUT2D eigenvalue weighted by Gasteiger charge is -2.34. The van der Waals surface area contributed by atoms with E-state index in [0.717, 1.165) is 25.1 Å². The third-order valence-electron chi connectivity index (χ3n) is 4.62. The number of aliphatic hydroxyl groups is 1. The number of carbonyl (C=O) groups is 1. The number of benzene rings is 2. The van der Waals surface area contributed by atoms with Crippen LogP contribution < -0.4 is 5.32 Å². The number of carbonyl (C=O) groups excluding carboxylic acids is 1. The highest BCUT2D eigenvalue weighted by atomic mass is 16.3. The van der Waals surface area contributed by atoms with Gasteiger partial charge in [-0.15, -0.1) is 0 Å². The van der Waals surface area contributed by atoms with Crippen molar-refractivity contribution >= 4 is 5.91 Å². The number of aliphatic hydroxyl groups excluding tert-OH is 1. The van der Waals surface area contributed by atoms with Crippen LogP contribution in [0, 0.1) is 0 Å². The Hall–Kier alpha value is -2.17. The van der Waals surface area contributed by atoms with Crippen LogP contribution in [0.2, 0.25) is 0 Å². The molecule has 1 aliphatic rings. The molecule has 0 saturated heterocycles. The number of nitrogens with zero attached hydrogens (tertiary/aromatic N) is 1. The quantitative estimate of drug-likeness (QED) is 0.856. The Kier molecular flexibility index (Phi) is 5.62. The summed E-state index contributed by atoms with van der Waals surface area (Å²) < 4.78 is 0. The molecule has 4 heteroatoms. The average Bonchev–Trinajstić information content (AvgIpc) is 2.64. The van der Waals surface area contributed by atoms with Crippen molar-refractivity contribution < 1.29 is 9.90 Å². The van der Waals surface area contributed by atoms with Gasteiger partial charge in [0, 0.05) is 26.2 Å². The monoisotopic (exact) mass is 324 g/mol. The molecule has 0 radical (unpaired) electrons. The average molecular weight is 324 g/mol. The van der Waals surface area contributed by atoms with E-state index < -0.39 is 0 Å². The predicted molar refractivity (Wildman–Crippen MR) is 94.3 cm³/mol. The summed E-state index contributed by atoms with van der Waals surface area (Å²) in [6, 6.07) is 18.0. The van der Waals surface area contributed by atoms with Gasteiger partial charge in [-0.05, 0) is 29.5 Å². The van der Waals surface area contributed by atoms with Gasteiger partial charge in [-0.3, -0.25) is 9.69 Å². The molecule has 3 rings (SSSR count). The van der Waals surface area contributed by atoms with Gasteiger partial charge in [-0.25, -0.2) is 0 Å². The molecule has 2 N–H and O–H groups in total. The molecule has 24 heavy (non-hydrogen) atoms. The largest absolute Gasteiger partial charge is 0.396 e. The number of nitrogens with one attached hydrogen (secondary N) is 1. The van der Waals surface area contributed by atoms with E-state index >= 15 is 0 Å². The summed E-state index contributed by atoms with van der Waals surface area (Å²) in [5, 5.41) is 12.4. The molecule has 2 aromatic carbocycles. The van der Waals surface area contributed by atoms with Crippen LogP contribution in [-0.2, 0) is 24.3 Å². The van der Waals surface area contributed by atoms with Crippen molar-refractivity contribution in [1.82, 2.24) is 10.2 Å². The van der Waals surface area contributed by atoms with Crippen molar-refractivity contribution in [1.29, 1.82) is 0 Å². The lowest BCUT2D eigenvalue weighted by atomic mass is 9.97. The van der Waals surface area contributed by atoms with E-state index in [1.54, 1.807) is 0 Å². The molecule has 126 valence electrons. The van der Waals surface area contributed by atoms with Crippen molar-refractivity contribution in [3.63, 3.8) is 0 Å². The van der Waals surface area contributed by atoms with Gasteiger partial charge in [-0.2, -0.15) is 0 Å². The summed E-state index contributed by atoms with van der Waals surface area (Å²) in [5.41, 5.74) is 3.72. The summed E-state index contributed by atoms with van der Waals surface area (Å²) >= 11 is 0. The highest BCUT2D eigenvalue weighted by molar-refractivity contribution is 5.81. The van der Waals surface area contributed by atoms with Gasteiger partial charge in [-0.1, -0.05) is 54.6 Å². The molecule has 0 aromatic heterocycles. The van der Waals surface area contributed by atoms with E-state index in [4.69, 9.17) is 0 Å². The lowest BCUT2D eigenvalue weighted by molar-refractivity contribution is -0.127. The van der Waals surface area contributed by atoms with Crippen LogP contribution in [-0.4, -0.2) is 35.1 Å². The van der Waals surface area contributed by atoms with Crippen LogP contribution in [0.15, 0.2) is 54.6 Å². The minimum atomic E-state index is -0.285. The second-order valence-electron chi connectivity index (χ2n) is 6.22. The molecule has 1 atom stereocenters. The molecule has 0 saturated carbocycles. The van der Waals surface area contributed by atoms with Gasteiger partial charge >= 0.3 is 0 Å². The minimum Gasteiger partial charge on any atom is -0.396 e. The Bertz CT molecular complexity index is 672. The maximum Gasteiger partial charge on any atom is 0.237 e. The van der Waals surface area contributed by atoms with Crippen LogP contribution in [0.1, 0.15) is 23.1 Å². The Morgan fingerprint density at radius 1 is 1.08 bits per heavy atom. The smallest absolute Gasteiger partial charge is 0.237 e. The van der Waals surface area contributed by atoms with Crippen LogP contribution in [0.4, 0.5) is 0 Å². The molecule has 0 spiro atoms.